The zero-order chi connectivity index (χ0) is 12.8. The molecule has 2 fully saturated rings. The molecule has 3 rings (SSSR count). The van der Waals surface area contributed by atoms with Crippen LogP contribution in [0.25, 0.3) is 0 Å². The van der Waals surface area contributed by atoms with Gasteiger partial charge in [0.1, 0.15) is 25.3 Å². The maximum absolute atomic E-state index is 11.6. The lowest BCUT2D eigenvalue weighted by molar-refractivity contribution is -0.926. The Bertz CT molecular complexity index is 430. The van der Waals surface area contributed by atoms with Gasteiger partial charge in [-0.3, -0.25) is 4.48 Å². The van der Waals surface area contributed by atoms with Crippen molar-refractivity contribution in [3.8, 4) is 0 Å². The number of nitrogens with zero attached hydrogens (tertiary/aromatic N) is 1. The lowest BCUT2D eigenvalue weighted by Gasteiger charge is -2.29. The highest BCUT2D eigenvalue weighted by molar-refractivity contribution is 5.87. The molecule has 0 N–H and O–H groups in total. The molecule has 0 aliphatic carbocycles. The van der Waals surface area contributed by atoms with E-state index in [1.165, 1.54) is 12.1 Å². The van der Waals surface area contributed by atoms with Crippen molar-refractivity contribution >= 4 is 5.97 Å². The highest BCUT2D eigenvalue weighted by atomic mass is 16.5. The summed E-state index contributed by atoms with van der Waals surface area (Å²) in [5.41, 5.74) is 1.93. The fourth-order valence-corrected chi connectivity index (χ4v) is 3.39. The van der Waals surface area contributed by atoms with Crippen LogP contribution >= 0.6 is 0 Å². The van der Waals surface area contributed by atoms with E-state index < -0.39 is 0 Å². The summed E-state index contributed by atoms with van der Waals surface area (Å²) in [6, 6.07) is 0.448. The number of allylic oxidation sites excluding steroid dienone is 1. The van der Waals surface area contributed by atoms with Gasteiger partial charge in [0.25, 0.3) is 0 Å². The number of quaternary nitrogens is 1. The van der Waals surface area contributed by atoms with Crippen LogP contribution in [0, 0.1) is 0 Å². The Kier molecular flexibility index (Phi) is 2.79. The fourth-order valence-electron chi connectivity index (χ4n) is 3.39. The largest absolute Gasteiger partial charge is 0.458 e. The first-order valence-electron chi connectivity index (χ1n) is 6.62. The van der Waals surface area contributed by atoms with Crippen LogP contribution in [0.15, 0.2) is 23.3 Å². The minimum Gasteiger partial charge on any atom is -0.458 e. The van der Waals surface area contributed by atoms with Crippen molar-refractivity contribution < 1.29 is 18.8 Å². The molecule has 0 unspecified atom stereocenters. The second kappa shape index (κ2) is 4.21. The molecule has 4 heteroatoms. The molecule has 0 aromatic rings. The van der Waals surface area contributed by atoms with E-state index in [2.05, 4.69) is 6.08 Å². The minimum absolute atomic E-state index is 0.210. The molecular weight excluding hydrogens is 230 g/mol. The van der Waals surface area contributed by atoms with Crippen molar-refractivity contribution in [1.82, 2.24) is 0 Å². The van der Waals surface area contributed by atoms with Crippen LogP contribution in [0.2, 0.25) is 0 Å². The third-order valence-corrected chi connectivity index (χ3v) is 4.57. The minimum atomic E-state index is -0.210. The standard InChI is InChI=1S/C14H20NO3/c1-3-10(2)14(16)17-8-11-4-6-15-7-5-12(13(11)15)18-9-15/h3-4,12-13H,5-9H2,1-2H3/q+1/b10-3-/t12-,13-,15-/m1/s1. The molecule has 18 heavy (non-hydrogen) atoms. The maximum atomic E-state index is 11.6. The van der Waals surface area contributed by atoms with Crippen LogP contribution in [0.3, 0.4) is 0 Å². The predicted molar refractivity (Wildman–Crippen MR) is 66.6 cm³/mol. The van der Waals surface area contributed by atoms with E-state index in [0.717, 1.165) is 24.2 Å². The first-order valence-corrected chi connectivity index (χ1v) is 6.62. The number of hydrogen-bond donors (Lipinski definition) is 0. The molecule has 2 saturated heterocycles. The second-order valence-electron chi connectivity index (χ2n) is 5.52. The molecule has 4 nitrogen and oxygen atoms in total. The summed E-state index contributed by atoms with van der Waals surface area (Å²) < 4.78 is 12.2. The lowest BCUT2D eigenvalue weighted by Crippen LogP contribution is -2.47. The number of ether oxygens (including phenoxy) is 2. The highest BCUT2D eigenvalue weighted by Crippen LogP contribution is 2.43. The van der Waals surface area contributed by atoms with E-state index in [9.17, 15) is 4.79 Å². The van der Waals surface area contributed by atoms with Crippen LogP contribution in [-0.4, -0.2) is 49.0 Å². The molecule has 0 amide bonds. The van der Waals surface area contributed by atoms with Crippen LogP contribution in [-0.2, 0) is 14.3 Å². The average molecular weight is 250 g/mol. The normalized spacial score (nSPS) is 37.7. The van der Waals surface area contributed by atoms with E-state index >= 15 is 0 Å². The van der Waals surface area contributed by atoms with Gasteiger partial charge in [-0.15, -0.1) is 0 Å². The molecule has 98 valence electrons. The monoisotopic (exact) mass is 250 g/mol. The Labute approximate surface area is 107 Å². The van der Waals surface area contributed by atoms with Gasteiger partial charge in [-0.1, -0.05) is 6.08 Å². The van der Waals surface area contributed by atoms with E-state index in [0.29, 0.717) is 24.3 Å². The van der Waals surface area contributed by atoms with Gasteiger partial charge in [0.2, 0.25) is 0 Å². The van der Waals surface area contributed by atoms with E-state index in [4.69, 9.17) is 9.47 Å². The molecule has 0 aromatic carbocycles. The van der Waals surface area contributed by atoms with Crippen LogP contribution < -0.4 is 0 Å². The summed E-state index contributed by atoms with van der Waals surface area (Å²) in [6.45, 7) is 7.13. The summed E-state index contributed by atoms with van der Waals surface area (Å²) in [6.07, 6.45) is 5.52. The molecule has 3 atom stereocenters. The van der Waals surface area contributed by atoms with E-state index in [-0.39, 0.29) is 5.97 Å². The number of carbonyl (C=O) groups is 1. The highest BCUT2D eigenvalue weighted by Gasteiger charge is 2.58. The van der Waals surface area contributed by atoms with Crippen LogP contribution in [0.1, 0.15) is 20.3 Å². The van der Waals surface area contributed by atoms with Crippen molar-refractivity contribution in [1.29, 1.82) is 0 Å². The van der Waals surface area contributed by atoms with Gasteiger partial charge in [-0.25, -0.2) is 4.79 Å². The molecule has 0 radical (unpaired) electrons. The van der Waals surface area contributed by atoms with Crippen molar-refractivity contribution in [2.45, 2.75) is 32.4 Å². The molecule has 3 aliphatic rings. The molecule has 3 aliphatic heterocycles. The van der Waals surface area contributed by atoms with E-state index in [1.807, 2.05) is 6.92 Å². The molecule has 2 bridgehead atoms. The summed E-state index contributed by atoms with van der Waals surface area (Å²) in [5.74, 6) is -0.210. The first-order chi connectivity index (χ1) is 8.66. The summed E-state index contributed by atoms with van der Waals surface area (Å²) in [4.78, 5) is 11.6. The van der Waals surface area contributed by atoms with Crippen molar-refractivity contribution in [3.63, 3.8) is 0 Å². The van der Waals surface area contributed by atoms with Gasteiger partial charge in [0.15, 0.2) is 6.73 Å². The van der Waals surface area contributed by atoms with Gasteiger partial charge in [0, 0.05) is 17.6 Å². The molecule has 0 spiro atoms. The van der Waals surface area contributed by atoms with Gasteiger partial charge in [-0.05, 0) is 19.9 Å². The number of rotatable bonds is 3. The van der Waals surface area contributed by atoms with Gasteiger partial charge >= 0.3 is 5.97 Å². The van der Waals surface area contributed by atoms with Crippen LogP contribution in [0.5, 0.6) is 0 Å². The fraction of sp³-hybridized carbons (Fsp3) is 0.643. The molecule has 0 saturated carbocycles. The SMILES string of the molecule is C/C=C(/C)C(=O)OCC1=CC[N@@+]23CC[C@@H](OC2)[C@@H]13. The quantitative estimate of drug-likeness (QED) is 0.328. The lowest BCUT2D eigenvalue weighted by atomic mass is 10.1. The zero-order valence-electron chi connectivity index (χ0n) is 11.0. The Balaban J connectivity index is 1.64. The third-order valence-electron chi connectivity index (χ3n) is 4.57. The summed E-state index contributed by atoms with van der Waals surface area (Å²) >= 11 is 0. The van der Waals surface area contributed by atoms with Gasteiger partial charge in [-0.2, -0.15) is 0 Å². The van der Waals surface area contributed by atoms with Crippen molar-refractivity contribution in [2.24, 2.45) is 0 Å². The zero-order valence-corrected chi connectivity index (χ0v) is 11.0. The number of hydrogen-bond acceptors (Lipinski definition) is 3. The number of carbonyl (C=O) groups excluding carboxylic acids is 1. The Morgan fingerprint density at radius 2 is 2.50 bits per heavy atom. The Morgan fingerprint density at radius 1 is 1.67 bits per heavy atom. The first kappa shape index (κ1) is 11.9. The van der Waals surface area contributed by atoms with E-state index in [1.54, 1.807) is 13.0 Å². The maximum Gasteiger partial charge on any atom is 0.333 e. The van der Waals surface area contributed by atoms with Gasteiger partial charge < -0.3 is 9.47 Å². The third kappa shape index (κ3) is 1.63. The predicted octanol–water partition coefficient (Wildman–Crippen LogP) is 1.38. The van der Waals surface area contributed by atoms with Crippen LogP contribution in [0.4, 0.5) is 0 Å². The topological polar surface area (TPSA) is 35.5 Å². The Morgan fingerprint density at radius 3 is 3.17 bits per heavy atom. The molecule has 3 heterocycles. The molecular formula is C14H20NO3+. The number of esters is 1. The van der Waals surface area contributed by atoms with Gasteiger partial charge in [0.05, 0.1) is 6.54 Å². The second-order valence-corrected chi connectivity index (χ2v) is 5.52. The summed E-state index contributed by atoms with van der Waals surface area (Å²) in [7, 11) is 0. The van der Waals surface area contributed by atoms with Crippen molar-refractivity contribution in [3.05, 3.63) is 23.3 Å². The summed E-state index contributed by atoms with van der Waals surface area (Å²) in [5, 5.41) is 0. The smallest absolute Gasteiger partial charge is 0.333 e. The van der Waals surface area contributed by atoms with Crippen molar-refractivity contribution in [2.75, 3.05) is 26.4 Å². The molecule has 0 aromatic heterocycles. The average Bonchev–Trinajstić information content (AvgIpc) is 3.02. The Hall–Kier alpha value is -1.13.